The van der Waals surface area contributed by atoms with Gasteiger partial charge in [-0.2, -0.15) is 4.31 Å². The molecule has 1 fully saturated rings. The highest BCUT2D eigenvalue weighted by Gasteiger charge is 2.29. The largest absolute Gasteiger partial charge is 0.479 e. The first-order chi connectivity index (χ1) is 10.8. The maximum Gasteiger partial charge on any atom is 0.341 e. The van der Waals surface area contributed by atoms with Crippen LogP contribution < -0.4 is 4.74 Å². The van der Waals surface area contributed by atoms with Crippen molar-refractivity contribution in [3.63, 3.8) is 0 Å². The summed E-state index contributed by atoms with van der Waals surface area (Å²) in [5.41, 5.74) is -0.611. The maximum atomic E-state index is 12.5. The predicted molar refractivity (Wildman–Crippen MR) is 75.8 cm³/mol. The molecule has 1 saturated heterocycles. The van der Waals surface area contributed by atoms with E-state index in [2.05, 4.69) is 0 Å². The van der Waals surface area contributed by atoms with Gasteiger partial charge in [-0.1, -0.05) is 0 Å². The highest BCUT2D eigenvalue weighted by Crippen LogP contribution is 2.31. The normalized spacial score (nSPS) is 16.0. The van der Waals surface area contributed by atoms with Crippen molar-refractivity contribution in [1.82, 2.24) is 4.31 Å². The molecule has 1 N–H and O–H groups in total. The first-order valence-electron chi connectivity index (χ1n) is 6.53. The van der Waals surface area contributed by atoms with Crippen LogP contribution in [0.25, 0.3) is 0 Å². The Bertz CT molecular complexity index is 712. The molecule has 10 nitrogen and oxygen atoms in total. The van der Waals surface area contributed by atoms with Crippen LogP contribution in [0.5, 0.6) is 5.75 Å². The molecule has 0 spiro atoms. The van der Waals surface area contributed by atoms with Gasteiger partial charge >= 0.3 is 11.7 Å². The minimum Gasteiger partial charge on any atom is -0.479 e. The Labute approximate surface area is 131 Å². The molecule has 23 heavy (non-hydrogen) atoms. The summed E-state index contributed by atoms with van der Waals surface area (Å²) < 4.78 is 36.0. The summed E-state index contributed by atoms with van der Waals surface area (Å²) in [7, 11) is -3.89. The quantitative estimate of drug-likeness (QED) is 0.565. The highest BCUT2D eigenvalue weighted by atomic mass is 32.2. The summed E-state index contributed by atoms with van der Waals surface area (Å²) in [5, 5.41) is 19.6. The molecule has 0 saturated carbocycles. The number of aliphatic carboxylic acids is 1. The van der Waals surface area contributed by atoms with Gasteiger partial charge in [0.1, 0.15) is 0 Å². The molecule has 1 aromatic rings. The molecule has 0 atom stereocenters. The summed E-state index contributed by atoms with van der Waals surface area (Å²) in [6, 6.07) is 3.09. The van der Waals surface area contributed by atoms with Gasteiger partial charge in [-0.15, -0.1) is 0 Å². The van der Waals surface area contributed by atoms with Crippen molar-refractivity contribution in [2.75, 3.05) is 32.9 Å². The summed E-state index contributed by atoms with van der Waals surface area (Å²) in [6.45, 7) is 0.0550. The zero-order chi connectivity index (χ0) is 17.0. The van der Waals surface area contributed by atoms with E-state index >= 15 is 0 Å². The number of ether oxygens (including phenoxy) is 2. The molecule has 1 aliphatic rings. The molecule has 126 valence electrons. The lowest BCUT2D eigenvalue weighted by atomic mass is 10.3. The Morgan fingerprint density at radius 1 is 1.39 bits per heavy atom. The van der Waals surface area contributed by atoms with Gasteiger partial charge in [0.25, 0.3) is 0 Å². The van der Waals surface area contributed by atoms with Crippen LogP contribution in [0.3, 0.4) is 0 Å². The Kier molecular flexibility index (Phi) is 5.13. The van der Waals surface area contributed by atoms with Crippen molar-refractivity contribution < 1.29 is 32.7 Å². The average Bonchev–Trinajstić information content (AvgIpc) is 2.53. The van der Waals surface area contributed by atoms with Crippen LogP contribution in [0.4, 0.5) is 5.69 Å². The van der Waals surface area contributed by atoms with Crippen LogP contribution in [0.2, 0.25) is 0 Å². The van der Waals surface area contributed by atoms with Crippen LogP contribution in [0, 0.1) is 10.1 Å². The van der Waals surface area contributed by atoms with Crippen LogP contribution in [-0.4, -0.2) is 61.6 Å². The minimum atomic E-state index is -3.89. The maximum absolute atomic E-state index is 12.5. The van der Waals surface area contributed by atoms with E-state index in [1.54, 1.807) is 0 Å². The molecule has 0 aromatic heterocycles. The van der Waals surface area contributed by atoms with Gasteiger partial charge in [0, 0.05) is 19.2 Å². The number of nitro benzene ring substituents is 1. The molecule has 1 aliphatic heterocycles. The van der Waals surface area contributed by atoms with E-state index in [-0.39, 0.29) is 36.9 Å². The lowest BCUT2D eigenvalue weighted by Gasteiger charge is -2.26. The van der Waals surface area contributed by atoms with Gasteiger partial charge in [0.2, 0.25) is 10.0 Å². The third kappa shape index (κ3) is 3.94. The van der Waals surface area contributed by atoms with Gasteiger partial charge in [0.15, 0.2) is 12.4 Å². The zero-order valence-electron chi connectivity index (χ0n) is 11.9. The van der Waals surface area contributed by atoms with E-state index in [1.807, 2.05) is 0 Å². The third-order valence-corrected chi connectivity index (χ3v) is 4.98. The molecule has 0 radical (unpaired) electrons. The number of nitro groups is 1. The van der Waals surface area contributed by atoms with Crippen molar-refractivity contribution in [3.8, 4) is 5.75 Å². The second-order valence-electron chi connectivity index (χ2n) is 4.59. The Morgan fingerprint density at radius 3 is 2.61 bits per heavy atom. The fraction of sp³-hybridized carbons (Fsp3) is 0.417. The fourth-order valence-corrected chi connectivity index (χ4v) is 3.43. The lowest BCUT2D eigenvalue weighted by Crippen LogP contribution is -2.40. The third-order valence-electron chi connectivity index (χ3n) is 3.09. The number of nitrogens with zero attached hydrogens (tertiary/aromatic N) is 2. The molecular weight excluding hydrogens is 332 g/mol. The van der Waals surface area contributed by atoms with E-state index in [0.29, 0.717) is 0 Å². The lowest BCUT2D eigenvalue weighted by molar-refractivity contribution is -0.386. The fourth-order valence-electron chi connectivity index (χ4n) is 2.00. The average molecular weight is 346 g/mol. The van der Waals surface area contributed by atoms with Crippen molar-refractivity contribution in [1.29, 1.82) is 0 Å². The topological polar surface area (TPSA) is 136 Å². The van der Waals surface area contributed by atoms with Crippen LogP contribution in [-0.2, 0) is 19.6 Å². The summed E-state index contributed by atoms with van der Waals surface area (Å²) in [4.78, 5) is 20.5. The zero-order valence-corrected chi connectivity index (χ0v) is 12.7. The summed E-state index contributed by atoms with van der Waals surface area (Å²) in [5.74, 6) is -1.61. The number of sulfonamides is 1. The van der Waals surface area contributed by atoms with E-state index < -0.39 is 33.2 Å². The standard InChI is InChI=1S/C12H14N2O8S/c15-12(16)8-22-11-2-1-9(7-10(11)14(17)18)23(19,20)13-3-5-21-6-4-13/h1-2,7H,3-6,8H2,(H,15,16). The van der Waals surface area contributed by atoms with E-state index in [4.69, 9.17) is 14.6 Å². The van der Waals surface area contributed by atoms with Crippen molar-refractivity contribution >= 4 is 21.7 Å². The second kappa shape index (κ2) is 6.89. The molecule has 0 amide bonds. The first-order valence-corrected chi connectivity index (χ1v) is 7.97. The number of hydrogen-bond acceptors (Lipinski definition) is 7. The predicted octanol–water partition coefficient (Wildman–Crippen LogP) is 0.0791. The van der Waals surface area contributed by atoms with Crippen LogP contribution in [0.15, 0.2) is 23.1 Å². The molecular formula is C12H14N2O8S. The molecule has 0 unspecified atom stereocenters. The van der Waals surface area contributed by atoms with Gasteiger partial charge < -0.3 is 14.6 Å². The number of carboxylic acid groups (broad SMARTS) is 1. The Balaban J connectivity index is 2.34. The first kappa shape index (κ1) is 17.1. The van der Waals surface area contributed by atoms with Gasteiger partial charge in [0.05, 0.1) is 23.0 Å². The SMILES string of the molecule is O=C(O)COc1ccc(S(=O)(=O)N2CCOCC2)cc1[N+](=O)[O-]. The van der Waals surface area contributed by atoms with Crippen LogP contribution >= 0.6 is 0 Å². The Hall–Kier alpha value is -2.24. The summed E-state index contributed by atoms with van der Waals surface area (Å²) >= 11 is 0. The van der Waals surface area contributed by atoms with Crippen molar-refractivity contribution in [3.05, 3.63) is 28.3 Å². The number of carbonyl (C=O) groups is 1. The van der Waals surface area contributed by atoms with E-state index in [9.17, 15) is 23.3 Å². The smallest absolute Gasteiger partial charge is 0.341 e. The van der Waals surface area contributed by atoms with Gasteiger partial charge in [-0.3, -0.25) is 10.1 Å². The number of hydrogen-bond donors (Lipinski definition) is 1. The number of rotatable bonds is 6. The minimum absolute atomic E-state index is 0.160. The van der Waals surface area contributed by atoms with Crippen molar-refractivity contribution in [2.24, 2.45) is 0 Å². The van der Waals surface area contributed by atoms with Crippen LogP contribution in [0.1, 0.15) is 0 Å². The van der Waals surface area contributed by atoms with Gasteiger partial charge in [-0.05, 0) is 12.1 Å². The van der Waals surface area contributed by atoms with Gasteiger partial charge in [-0.25, -0.2) is 13.2 Å². The molecule has 0 aliphatic carbocycles. The highest BCUT2D eigenvalue weighted by molar-refractivity contribution is 7.89. The van der Waals surface area contributed by atoms with E-state index in [1.165, 1.54) is 4.31 Å². The molecule has 2 rings (SSSR count). The molecule has 1 heterocycles. The monoisotopic (exact) mass is 346 g/mol. The number of benzene rings is 1. The van der Waals surface area contributed by atoms with E-state index in [0.717, 1.165) is 18.2 Å². The second-order valence-corrected chi connectivity index (χ2v) is 6.52. The summed E-state index contributed by atoms with van der Waals surface area (Å²) in [6.07, 6.45) is 0. The number of carboxylic acids is 1. The molecule has 11 heteroatoms. The number of morpholine rings is 1. The molecule has 0 bridgehead atoms. The van der Waals surface area contributed by atoms with Crippen molar-refractivity contribution in [2.45, 2.75) is 4.90 Å². The molecule has 1 aromatic carbocycles. The Morgan fingerprint density at radius 2 is 2.04 bits per heavy atom.